The molecule has 2 aromatic heterocycles. The Morgan fingerprint density at radius 2 is 2.13 bits per heavy atom. The van der Waals surface area contributed by atoms with Crippen LogP contribution in [0.1, 0.15) is 45.5 Å². The van der Waals surface area contributed by atoms with E-state index in [4.69, 9.17) is 5.73 Å². The third-order valence-electron chi connectivity index (χ3n) is 3.03. The number of thiophene rings is 1. The fourth-order valence-electron chi connectivity index (χ4n) is 1.90. The first-order valence-corrected chi connectivity index (χ1v) is 7.45. The minimum atomic E-state index is -0.767. The second-order valence-electron chi connectivity index (χ2n) is 5.16. The van der Waals surface area contributed by atoms with Crippen LogP contribution in [0.5, 0.6) is 0 Å². The van der Waals surface area contributed by atoms with E-state index in [2.05, 4.69) is 10.4 Å². The van der Waals surface area contributed by atoms with Gasteiger partial charge in [0.15, 0.2) is 0 Å². The summed E-state index contributed by atoms with van der Waals surface area (Å²) in [5, 5.41) is 17.5. The lowest BCUT2D eigenvalue weighted by molar-refractivity contribution is -0.385. The molecule has 10 heteroatoms. The number of nitrogens with one attached hydrogen (secondary N) is 1. The van der Waals surface area contributed by atoms with Crippen LogP contribution in [0.15, 0.2) is 12.3 Å². The van der Waals surface area contributed by atoms with E-state index in [0.29, 0.717) is 0 Å². The van der Waals surface area contributed by atoms with Gasteiger partial charge in [-0.25, -0.2) is 0 Å². The number of carbonyl (C=O) groups is 2. The number of nitrogens with two attached hydrogens (primary N) is 1. The molecule has 0 saturated carbocycles. The molecule has 2 aromatic rings. The van der Waals surface area contributed by atoms with Gasteiger partial charge in [0.05, 0.1) is 10.5 Å². The Bertz CT molecular complexity index is 792. The van der Waals surface area contributed by atoms with Crippen LogP contribution in [0, 0.1) is 10.1 Å². The fourth-order valence-corrected chi connectivity index (χ4v) is 2.97. The quantitative estimate of drug-likeness (QED) is 0.634. The number of carbonyl (C=O) groups excluding carboxylic acids is 2. The monoisotopic (exact) mass is 337 g/mol. The Kier molecular flexibility index (Phi) is 4.45. The first kappa shape index (κ1) is 16.6. The summed E-state index contributed by atoms with van der Waals surface area (Å²) in [6, 6.07) is 1.61. The zero-order chi connectivity index (χ0) is 17.3. The molecule has 23 heavy (non-hydrogen) atoms. The lowest BCUT2D eigenvalue weighted by atomic mass is 10.1. The summed E-state index contributed by atoms with van der Waals surface area (Å²) in [5.74, 6) is -1.30. The standard InChI is InChI=1S/C13H15N5O4S/c1-6(2)9-4-7(11(14)19)13(23-9)15-12(20)10-8(18(21)22)5-17(3)16-10/h4-6H,1-3H3,(H2,14,19)(H,15,20). The predicted molar refractivity (Wildman–Crippen MR) is 84.7 cm³/mol. The summed E-state index contributed by atoms with van der Waals surface area (Å²) in [6.07, 6.45) is 1.14. The number of nitro groups is 1. The molecule has 2 heterocycles. The molecule has 0 bridgehead atoms. The van der Waals surface area contributed by atoms with Crippen molar-refractivity contribution in [2.75, 3.05) is 5.32 Å². The normalized spacial score (nSPS) is 10.8. The van der Waals surface area contributed by atoms with Crippen molar-refractivity contribution < 1.29 is 14.5 Å². The minimum absolute atomic E-state index is 0.146. The molecule has 0 spiro atoms. The maximum absolute atomic E-state index is 12.3. The fraction of sp³-hybridized carbons (Fsp3) is 0.308. The summed E-state index contributed by atoms with van der Waals surface area (Å²) in [4.78, 5) is 34.9. The maximum atomic E-state index is 12.3. The number of hydrogen-bond donors (Lipinski definition) is 2. The maximum Gasteiger partial charge on any atom is 0.320 e. The van der Waals surface area contributed by atoms with E-state index >= 15 is 0 Å². The molecule has 0 radical (unpaired) electrons. The van der Waals surface area contributed by atoms with Crippen LogP contribution in [0.4, 0.5) is 10.7 Å². The highest BCUT2D eigenvalue weighted by Gasteiger charge is 2.26. The van der Waals surface area contributed by atoms with Gasteiger partial charge in [0.2, 0.25) is 5.69 Å². The second kappa shape index (κ2) is 6.16. The van der Waals surface area contributed by atoms with E-state index in [-0.39, 0.29) is 22.2 Å². The van der Waals surface area contributed by atoms with Gasteiger partial charge in [-0.15, -0.1) is 11.3 Å². The molecule has 0 aliphatic heterocycles. The Morgan fingerprint density at radius 1 is 1.48 bits per heavy atom. The summed E-state index contributed by atoms with van der Waals surface area (Å²) < 4.78 is 1.18. The van der Waals surface area contributed by atoms with Gasteiger partial charge in [-0.2, -0.15) is 5.10 Å². The molecule has 0 aliphatic carbocycles. The second-order valence-corrected chi connectivity index (χ2v) is 6.24. The van der Waals surface area contributed by atoms with Crippen molar-refractivity contribution in [3.8, 4) is 0 Å². The smallest absolute Gasteiger partial charge is 0.320 e. The summed E-state index contributed by atoms with van der Waals surface area (Å²) in [7, 11) is 1.47. The largest absolute Gasteiger partial charge is 0.366 e. The molecule has 0 fully saturated rings. The molecule has 0 saturated heterocycles. The van der Waals surface area contributed by atoms with Crippen LogP contribution in [0.3, 0.4) is 0 Å². The zero-order valence-electron chi connectivity index (χ0n) is 12.7. The van der Waals surface area contributed by atoms with Crippen molar-refractivity contribution in [3.05, 3.63) is 38.5 Å². The molecule has 2 rings (SSSR count). The van der Waals surface area contributed by atoms with Gasteiger partial charge in [0.1, 0.15) is 11.2 Å². The van der Waals surface area contributed by atoms with Gasteiger partial charge in [-0.3, -0.25) is 24.4 Å². The molecular formula is C13H15N5O4S. The first-order valence-electron chi connectivity index (χ1n) is 6.63. The van der Waals surface area contributed by atoms with E-state index in [1.165, 1.54) is 23.1 Å². The van der Waals surface area contributed by atoms with Crippen molar-refractivity contribution in [1.82, 2.24) is 9.78 Å². The Morgan fingerprint density at radius 3 is 2.65 bits per heavy atom. The number of nitrogens with zero attached hydrogens (tertiary/aromatic N) is 3. The van der Waals surface area contributed by atoms with Crippen LogP contribution in [-0.4, -0.2) is 26.5 Å². The highest BCUT2D eigenvalue weighted by molar-refractivity contribution is 7.16. The molecule has 0 aromatic carbocycles. The lowest BCUT2D eigenvalue weighted by Gasteiger charge is -2.02. The number of anilines is 1. The van der Waals surface area contributed by atoms with Gasteiger partial charge in [-0.05, 0) is 12.0 Å². The average molecular weight is 337 g/mol. The molecule has 0 atom stereocenters. The Hall–Kier alpha value is -2.75. The highest BCUT2D eigenvalue weighted by Crippen LogP contribution is 2.33. The van der Waals surface area contributed by atoms with Gasteiger partial charge in [0.25, 0.3) is 11.8 Å². The Labute approximate surface area is 135 Å². The summed E-state index contributed by atoms with van der Waals surface area (Å²) in [6.45, 7) is 3.87. The molecule has 0 aliphatic rings. The summed E-state index contributed by atoms with van der Waals surface area (Å²) in [5.41, 5.74) is 4.75. The first-order chi connectivity index (χ1) is 10.7. The summed E-state index contributed by atoms with van der Waals surface area (Å²) >= 11 is 1.20. The van der Waals surface area contributed by atoms with Crippen LogP contribution in [0.25, 0.3) is 0 Å². The Balaban J connectivity index is 2.37. The topological polar surface area (TPSA) is 133 Å². The molecule has 122 valence electrons. The van der Waals surface area contributed by atoms with Gasteiger partial charge in [0, 0.05) is 11.9 Å². The number of hydrogen-bond acceptors (Lipinski definition) is 6. The molecule has 3 N–H and O–H groups in total. The van der Waals surface area contributed by atoms with E-state index < -0.39 is 22.4 Å². The van der Waals surface area contributed by atoms with Gasteiger partial charge < -0.3 is 11.1 Å². The SMILES string of the molecule is CC(C)c1cc(C(N)=O)c(NC(=O)c2nn(C)cc2[N+](=O)[O-])s1. The molecule has 0 unspecified atom stereocenters. The van der Waals surface area contributed by atoms with E-state index in [1.807, 2.05) is 13.8 Å². The van der Waals surface area contributed by atoms with Crippen LogP contribution in [0.2, 0.25) is 0 Å². The van der Waals surface area contributed by atoms with Crippen molar-refractivity contribution in [1.29, 1.82) is 0 Å². The molecule has 2 amide bonds. The number of primary amides is 1. The van der Waals surface area contributed by atoms with E-state index in [1.54, 1.807) is 6.07 Å². The lowest BCUT2D eigenvalue weighted by Crippen LogP contribution is -2.17. The van der Waals surface area contributed by atoms with E-state index in [0.717, 1.165) is 11.1 Å². The van der Waals surface area contributed by atoms with E-state index in [9.17, 15) is 19.7 Å². The van der Waals surface area contributed by atoms with Crippen molar-refractivity contribution >= 4 is 33.8 Å². The highest BCUT2D eigenvalue weighted by atomic mass is 32.1. The average Bonchev–Trinajstić information content (AvgIpc) is 3.02. The third-order valence-corrected chi connectivity index (χ3v) is 4.38. The number of amides is 2. The van der Waals surface area contributed by atoms with Crippen molar-refractivity contribution in [2.45, 2.75) is 19.8 Å². The van der Waals surface area contributed by atoms with Gasteiger partial charge in [-0.1, -0.05) is 13.8 Å². The van der Waals surface area contributed by atoms with Crippen LogP contribution in [-0.2, 0) is 7.05 Å². The minimum Gasteiger partial charge on any atom is -0.366 e. The molecule has 9 nitrogen and oxygen atoms in total. The third kappa shape index (κ3) is 3.37. The van der Waals surface area contributed by atoms with Gasteiger partial charge >= 0.3 is 5.69 Å². The number of aryl methyl sites for hydroxylation is 1. The number of aromatic nitrogens is 2. The zero-order valence-corrected chi connectivity index (χ0v) is 13.5. The predicted octanol–water partition coefficient (Wildman–Crippen LogP) is 1.86. The van der Waals surface area contributed by atoms with Crippen molar-refractivity contribution in [2.24, 2.45) is 12.8 Å². The van der Waals surface area contributed by atoms with Crippen LogP contribution < -0.4 is 11.1 Å². The molecular weight excluding hydrogens is 322 g/mol. The van der Waals surface area contributed by atoms with Crippen LogP contribution >= 0.6 is 11.3 Å². The van der Waals surface area contributed by atoms with Crippen molar-refractivity contribution in [3.63, 3.8) is 0 Å². The number of rotatable bonds is 5.